The molecule has 0 aliphatic carbocycles. The summed E-state index contributed by atoms with van der Waals surface area (Å²) < 4.78 is 0. The molecule has 0 radical (unpaired) electrons. The Kier molecular flexibility index (Phi) is 11.5. The normalized spacial score (nSPS) is 13.6. The van der Waals surface area contributed by atoms with Crippen molar-refractivity contribution in [2.45, 2.75) is 124 Å². The molecule has 1 heterocycles. The lowest BCUT2D eigenvalue weighted by Crippen LogP contribution is -2.43. The second-order valence-electron chi connectivity index (χ2n) is 16.7. The highest BCUT2D eigenvalue weighted by Crippen LogP contribution is 2.32. The lowest BCUT2D eigenvalue weighted by Gasteiger charge is -2.39. The Balaban J connectivity index is 3.87. The average molecular weight is 533 g/mol. The van der Waals surface area contributed by atoms with Crippen LogP contribution in [-0.4, -0.2) is 54.2 Å². The minimum absolute atomic E-state index is 0.113. The summed E-state index contributed by atoms with van der Waals surface area (Å²) in [5.74, 6) is 2.41. The molecule has 0 unspecified atom stereocenters. The van der Waals surface area contributed by atoms with Gasteiger partial charge in [-0.15, -0.1) is 0 Å². The molecule has 38 heavy (non-hydrogen) atoms. The van der Waals surface area contributed by atoms with E-state index >= 15 is 0 Å². The van der Waals surface area contributed by atoms with Gasteiger partial charge in [0.2, 0.25) is 17.8 Å². The Bertz CT molecular complexity index is 798. The van der Waals surface area contributed by atoms with Crippen molar-refractivity contribution in [1.29, 1.82) is 0 Å². The molecule has 0 aliphatic heterocycles. The van der Waals surface area contributed by atoms with E-state index in [1.54, 1.807) is 0 Å². The summed E-state index contributed by atoms with van der Waals surface area (Å²) in [5, 5.41) is 0. The Morgan fingerprint density at radius 3 is 0.921 bits per heavy atom. The van der Waals surface area contributed by atoms with E-state index in [-0.39, 0.29) is 27.1 Å². The SMILES string of the molecule is CCN(CC(C)(C)C)c1nc(N(CC(C)(C)C)CC(C)(C)CC)nc(N(CC(C)(C)C)CC(C)(C)CC)n1. The van der Waals surface area contributed by atoms with Gasteiger partial charge in [-0.2, -0.15) is 15.0 Å². The predicted molar refractivity (Wildman–Crippen MR) is 169 cm³/mol. The molecule has 1 aromatic heterocycles. The molecular formula is C32H64N6. The molecule has 0 saturated carbocycles. The summed E-state index contributed by atoms with van der Waals surface area (Å²) in [5.41, 5.74) is 0.671. The Labute approximate surface area is 237 Å². The Morgan fingerprint density at radius 2 is 0.684 bits per heavy atom. The van der Waals surface area contributed by atoms with Gasteiger partial charge in [-0.3, -0.25) is 0 Å². The fraction of sp³-hybridized carbons (Fsp3) is 0.906. The van der Waals surface area contributed by atoms with Crippen molar-refractivity contribution in [3.63, 3.8) is 0 Å². The molecule has 0 fully saturated rings. The van der Waals surface area contributed by atoms with Crippen molar-refractivity contribution in [3.05, 3.63) is 0 Å². The molecule has 6 nitrogen and oxygen atoms in total. The first-order valence-electron chi connectivity index (χ1n) is 15.0. The highest BCUT2D eigenvalue weighted by Gasteiger charge is 2.31. The van der Waals surface area contributed by atoms with E-state index in [4.69, 9.17) is 15.0 Å². The third-order valence-corrected chi connectivity index (χ3v) is 6.98. The van der Waals surface area contributed by atoms with Gasteiger partial charge >= 0.3 is 0 Å². The summed E-state index contributed by atoms with van der Waals surface area (Å²) in [6.45, 7) is 42.2. The quantitative estimate of drug-likeness (QED) is 0.254. The zero-order valence-electron chi connectivity index (χ0n) is 28.3. The van der Waals surface area contributed by atoms with Gasteiger partial charge in [0.25, 0.3) is 0 Å². The summed E-state index contributed by atoms with van der Waals surface area (Å²) in [4.78, 5) is 22.8. The second-order valence-corrected chi connectivity index (χ2v) is 16.7. The summed E-state index contributed by atoms with van der Waals surface area (Å²) in [6, 6.07) is 0. The van der Waals surface area contributed by atoms with E-state index in [0.29, 0.717) is 0 Å². The Hall–Kier alpha value is -1.59. The van der Waals surface area contributed by atoms with Crippen LogP contribution in [0.2, 0.25) is 0 Å². The molecule has 222 valence electrons. The summed E-state index contributed by atoms with van der Waals surface area (Å²) >= 11 is 0. The topological polar surface area (TPSA) is 48.4 Å². The van der Waals surface area contributed by atoms with Crippen LogP contribution in [0.25, 0.3) is 0 Å². The van der Waals surface area contributed by atoms with E-state index < -0.39 is 0 Å². The van der Waals surface area contributed by atoms with Crippen molar-refractivity contribution in [2.75, 3.05) is 54.0 Å². The van der Waals surface area contributed by atoms with Crippen molar-refractivity contribution in [2.24, 2.45) is 27.1 Å². The molecule has 0 amide bonds. The molecule has 0 spiro atoms. The number of hydrogen-bond acceptors (Lipinski definition) is 6. The maximum absolute atomic E-state index is 5.26. The minimum atomic E-state index is 0.113. The lowest BCUT2D eigenvalue weighted by atomic mass is 9.88. The highest BCUT2D eigenvalue weighted by molar-refractivity contribution is 5.47. The number of aromatic nitrogens is 3. The van der Waals surface area contributed by atoms with E-state index in [0.717, 1.165) is 70.0 Å². The van der Waals surface area contributed by atoms with Crippen molar-refractivity contribution in [3.8, 4) is 0 Å². The molecule has 0 aromatic carbocycles. The van der Waals surface area contributed by atoms with Crippen LogP contribution < -0.4 is 14.7 Å². The number of hydrogen-bond donors (Lipinski definition) is 0. The minimum Gasteiger partial charge on any atom is -0.340 e. The van der Waals surface area contributed by atoms with Crippen LogP contribution in [0.15, 0.2) is 0 Å². The van der Waals surface area contributed by atoms with Crippen LogP contribution >= 0.6 is 0 Å². The van der Waals surface area contributed by atoms with E-state index in [9.17, 15) is 0 Å². The second kappa shape index (κ2) is 12.7. The van der Waals surface area contributed by atoms with Crippen molar-refractivity contribution < 1.29 is 0 Å². The van der Waals surface area contributed by atoms with Gasteiger partial charge in [0.15, 0.2) is 0 Å². The van der Waals surface area contributed by atoms with Crippen LogP contribution in [0.4, 0.5) is 17.8 Å². The predicted octanol–water partition coefficient (Wildman–Crippen LogP) is 8.32. The zero-order valence-corrected chi connectivity index (χ0v) is 28.3. The van der Waals surface area contributed by atoms with Crippen LogP contribution in [0.5, 0.6) is 0 Å². The first-order chi connectivity index (χ1) is 17.0. The molecule has 0 aliphatic rings. The van der Waals surface area contributed by atoms with Gasteiger partial charge in [-0.05, 0) is 46.8 Å². The number of nitrogens with zero attached hydrogens (tertiary/aromatic N) is 6. The summed E-state index contributed by atoms with van der Waals surface area (Å²) in [6.07, 6.45) is 2.20. The number of anilines is 3. The summed E-state index contributed by atoms with van der Waals surface area (Å²) in [7, 11) is 0. The van der Waals surface area contributed by atoms with Crippen molar-refractivity contribution in [1.82, 2.24) is 15.0 Å². The van der Waals surface area contributed by atoms with Gasteiger partial charge in [0.05, 0.1) is 0 Å². The fourth-order valence-corrected chi connectivity index (χ4v) is 4.46. The molecule has 0 bridgehead atoms. The smallest absolute Gasteiger partial charge is 0.232 e. The molecular weight excluding hydrogens is 468 g/mol. The van der Waals surface area contributed by atoms with Gasteiger partial charge in [0.1, 0.15) is 0 Å². The third kappa shape index (κ3) is 12.5. The Morgan fingerprint density at radius 1 is 0.421 bits per heavy atom. The maximum atomic E-state index is 5.26. The van der Waals surface area contributed by atoms with Gasteiger partial charge in [-0.25, -0.2) is 0 Å². The molecule has 1 aromatic rings. The molecule has 0 N–H and O–H groups in total. The largest absolute Gasteiger partial charge is 0.340 e. The standard InChI is InChI=1S/C32H64N6/c1-17-31(13,14)23-37(21-29(7,8)9)26-33-25(36(19-3)20-28(4,5)6)34-27(35-26)38(22-30(10,11)12)24-32(15,16)18-2/h17-24H2,1-16H3. The third-order valence-electron chi connectivity index (χ3n) is 6.98. The van der Waals surface area contributed by atoms with Crippen LogP contribution in [-0.2, 0) is 0 Å². The first-order valence-corrected chi connectivity index (χ1v) is 15.0. The molecule has 1 rings (SSSR count). The van der Waals surface area contributed by atoms with Crippen LogP contribution in [0.3, 0.4) is 0 Å². The molecule has 0 saturated heterocycles. The molecule has 6 heteroatoms. The maximum Gasteiger partial charge on any atom is 0.232 e. The molecule has 0 atom stereocenters. The van der Waals surface area contributed by atoms with Gasteiger partial charge in [-0.1, -0.05) is 104 Å². The highest BCUT2D eigenvalue weighted by atomic mass is 15.4. The average Bonchev–Trinajstić information content (AvgIpc) is 2.73. The van der Waals surface area contributed by atoms with Crippen LogP contribution in [0, 0.1) is 27.1 Å². The van der Waals surface area contributed by atoms with Crippen molar-refractivity contribution >= 4 is 17.8 Å². The van der Waals surface area contributed by atoms with E-state index in [1.807, 2.05) is 0 Å². The lowest BCUT2D eigenvalue weighted by molar-refractivity contribution is 0.318. The van der Waals surface area contributed by atoms with E-state index in [1.165, 1.54) is 0 Å². The van der Waals surface area contributed by atoms with Gasteiger partial charge in [0, 0.05) is 39.3 Å². The number of rotatable bonds is 13. The van der Waals surface area contributed by atoms with Crippen LogP contribution in [0.1, 0.15) is 124 Å². The van der Waals surface area contributed by atoms with E-state index in [2.05, 4.69) is 125 Å². The van der Waals surface area contributed by atoms with Gasteiger partial charge < -0.3 is 14.7 Å². The first kappa shape index (κ1) is 34.4. The monoisotopic (exact) mass is 533 g/mol. The fourth-order valence-electron chi connectivity index (χ4n) is 4.46. The zero-order chi connectivity index (χ0) is 29.7.